The highest BCUT2D eigenvalue weighted by Gasteiger charge is 2.06. The van der Waals surface area contributed by atoms with Gasteiger partial charge in [-0.05, 0) is 44.0 Å². The quantitative estimate of drug-likeness (QED) is 0.543. The fourth-order valence-electron chi connectivity index (χ4n) is 1.24. The van der Waals surface area contributed by atoms with E-state index >= 15 is 0 Å². The van der Waals surface area contributed by atoms with Gasteiger partial charge in [0.05, 0.1) is 10.7 Å². The second kappa shape index (κ2) is 4.47. The van der Waals surface area contributed by atoms with E-state index in [9.17, 15) is 0 Å². The molecule has 0 heterocycles. The predicted molar refractivity (Wildman–Crippen MR) is 60.1 cm³/mol. The fourth-order valence-corrected chi connectivity index (χ4v) is 1.60. The second-order valence-corrected chi connectivity index (χ2v) is 3.68. The highest BCUT2D eigenvalue weighted by Crippen LogP contribution is 2.21. The van der Waals surface area contributed by atoms with Crippen molar-refractivity contribution in [3.63, 3.8) is 0 Å². The average Bonchev–Trinajstić information content (AvgIpc) is 2.11. The number of hydrogen-bond acceptors (Lipinski definition) is 2. The molecular weight excluding hydrogens is 198 g/mol. The van der Waals surface area contributed by atoms with E-state index in [4.69, 9.17) is 16.4 Å². The summed E-state index contributed by atoms with van der Waals surface area (Å²) in [4.78, 5) is 4.71. The average molecular weight is 212 g/mol. The van der Waals surface area contributed by atoms with Crippen LogP contribution in [0.15, 0.2) is 17.3 Å². The van der Waals surface area contributed by atoms with E-state index < -0.39 is 0 Å². The van der Waals surface area contributed by atoms with Crippen molar-refractivity contribution in [1.29, 1.82) is 0 Å². The summed E-state index contributed by atoms with van der Waals surface area (Å²) in [6.45, 7) is 5.96. The van der Waals surface area contributed by atoms with Gasteiger partial charge in [-0.2, -0.15) is 0 Å². The lowest BCUT2D eigenvalue weighted by Gasteiger charge is -2.07. The molecule has 0 fully saturated rings. The van der Waals surface area contributed by atoms with E-state index in [1.807, 2.05) is 26.0 Å². The molecule has 14 heavy (non-hydrogen) atoms. The van der Waals surface area contributed by atoms with Crippen LogP contribution in [0.4, 0.5) is 0 Å². The van der Waals surface area contributed by atoms with Gasteiger partial charge in [0.25, 0.3) is 0 Å². The molecule has 0 aliphatic rings. The third-order valence-corrected chi connectivity index (χ3v) is 2.51. The molecule has 0 radical (unpaired) electrons. The zero-order chi connectivity index (χ0) is 10.7. The van der Waals surface area contributed by atoms with Crippen molar-refractivity contribution >= 4 is 17.3 Å². The summed E-state index contributed by atoms with van der Waals surface area (Å²) in [6, 6.07) is 3.97. The van der Waals surface area contributed by atoms with Crippen molar-refractivity contribution in [2.75, 3.05) is 7.11 Å². The molecule has 2 nitrogen and oxygen atoms in total. The van der Waals surface area contributed by atoms with Crippen molar-refractivity contribution < 1.29 is 4.84 Å². The van der Waals surface area contributed by atoms with Crippen LogP contribution in [-0.4, -0.2) is 12.8 Å². The maximum absolute atomic E-state index is 6.10. The van der Waals surface area contributed by atoms with E-state index in [0.717, 1.165) is 11.3 Å². The highest BCUT2D eigenvalue weighted by atomic mass is 35.5. The molecule has 0 aliphatic carbocycles. The van der Waals surface area contributed by atoms with Crippen molar-refractivity contribution in [2.45, 2.75) is 20.8 Å². The fraction of sp³-hybridized carbons (Fsp3) is 0.364. The largest absolute Gasteiger partial charge is 0.399 e. The summed E-state index contributed by atoms with van der Waals surface area (Å²) in [5.41, 5.74) is 4.11. The van der Waals surface area contributed by atoms with Gasteiger partial charge in [0.15, 0.2) is 0 Å². The third kappa shape index (κ3) is 2.26. The van der Waals surface area contributed by atoms with Gasteiger partial charge in [0.2, 0.25) is 0 Å². The minimum Gasteiger partial charge on any atom is -0.399 e. The van der Waals surface area contributed by atoms with Gasteiger partial charge in [-0.3, -0.25) is 0 Å². The first-order chi connectivity index (χ1) is 6.56. The first kappa shape index (κ1) is 11.1. The maximum Gasteiger partial charge on any atom is 0.106 e. The van der Waals surface area contributed by atoms with Crippen LogP contribution in [0, 0.1) is 13.8 Å². The number of nitrogens with zero attached hydrogens (tertiary/aromatic N) is 1. The Morgan fingerprint density at radius 2 is 1.86 bits per heavy atom. The van der Waals surface area contributed by atoms with Crippen LogP contribution in [0.2, 0.25) is 5.02 Å². The predicted octanol–water partition coefficient (Wildman–Crippen LogP) is 3.33. The van der Waals surface area contributed by atoms with Crippen LogP contribution >= 0.6 is 11.6 Å². The van der Waals surface area contributed by atoms with Crippen molar-refractivity contribution in [2.24, 2.45) is 5.16 Å². The van der Waals surface area contributed by atoms with E-state index in [1.165, 1.54) is 18.2 Å². The molecule has 0 N–H and O–H groups in total. The van der Waals surface area contributed by atoms with Crippen LogP contribution in [0.5, 0.6) is 0 Å². The Kier molecular flexibility index (Phi) is 3.53. The van der Waals surface area contributed by atoms with Crippen molar-refractivity contribution in [3.05, 3.63) is 33.8 Å². The second-order valence-electron chi connectivity index (χ2n) is 3.28. The summed E-state index contributed by atoms with van der Waals surface area (Å²) in [5, 5.41) is 4.57. The molecule has 0 atom stereocenters. The summed E-state index contributed by atoms with van der Waals surface area (Å²) in [7, 11) is 1.53. The smallest absolute Gasteiger partial charge is 0.106 e. The first-order valence-corrected chi connectivity index (χ1v) is 4.79. The molecule has 0 unspecified atom stereocenters. The summed E-state index contributed by atoms with van der Waals surface area (Å²) < 4.78 is 0. The van der Waals surface area contributed by atoms with Gasteiger partial charge in [-0.25, -0.2) is 0 Å². The first-order valence-electron chi connectivity index (χ1n) is 4.41. The Labute approximate surface area is 89.5 Å². The van der Waals surface area contributed by atoms with Crippen LogP contribution in [0.3, 0.4) is 0 Å². The Bertz CT molecular complexity index is 372. The van der Waals surface area contributed by atoms with Crippen LogP contribution in [0.1, 0.15) is 23.6 Å². The van der Waals surface area contributed by atoms with Gasteiger partial charge in [-0.15, -0.1) is 0 Å². The molecule has 1 rings (SSSR count). The number of aryl methyl sites for hydroxylation is 2. The lowest BCUT2D eigenvalue weighted by Crippen LogP contribution is -1.98. The lowest BCUT2D eigenvalue weighted by atomic mass is 10.0. The number of oxime groups is 1. The number of rotatable bonds is 2. The molecule has 0 aromatic heterocycles. The van der Waals surface area contributed by atoms with Gasteiger partial charge in [0.1, 0.15) is 7.11 Å². The number of halogens is 1. The monoisotopic (exact) mass is 211 g/mol. The third-order valence-electron chi connectivity index (χ3n) is 2.20. The van der Waals surface area contributed by atoms with Crippen LogP contribution in [0.25, 0.3) is 0 Å². The van der Waals surface area contributed by atoms with Crippen molar-refractivity contribution in [1.82, 2.24) is 0 Å². The highest BCUT2D eigenvalue weighted by molar-refractivity contribution is 6.34. The van der Waals surface area contributed by atoms with Crippen molar-refractivity contribution in [3.8, 4) is 0 Å². The van der Waals surface area contributed by atoms with Gasteiger partial charge in [-0.1, -0.05) is 16.8 Å². The minimum absolute atomic E-state index is 0.714. The number of benzene rings is 1. The lowest BCUT2D eigenvalue weighted by molar-refractivity contribution is 0.213. The molecular formula is C11H14ClNO. The minimum atomic E-state index is 0.714. The molecule has 3 heteroatoms. The summed E-state index contributed by atoms with van der Waals surface area (Å²) in [5.74, 6) is 0. The molecule has 0 bridgehead atoms. The van der Waals surface area contributed by atoms with E-state index in [0.29, 0.717) is 5.02 Å². The standard InChI is InChI=1S/C11H14ClNO/c1-7-5-10(9(3)13-14-4)11(12)6-8(7)2/h5-6H,1-4H3/b13-9+. The molecule has 0 amide bonds. The summed E-state index contributed by atoms with van der Waals surface area (Å²) >= 11 is 6.10. The van der Waals surface area contributed by atoms with Gasteiger partial charge >= 0.3 is 0 Å². The van der Waals surface area contributed by atoms with Crippen LogP contribution in [-0.2, 0) is 4.84 Å². The van der Waals surface area contributed by atoms with E-state index in [-0.39, 0.29) is 0 Å². The Morgan fingerprint density at radius 1 is 1.29 bits per heavy atom. The number of hydrogen-bond donors (Lipinski definition) is 0. The molecule has 1 aromatic rings. The molecule has 0 aliphatic heterocycles. The normalized spacial score (nSPS) is 11.6. The zero-order valence-corrected chi connectivity index (χ0v) is 9.64. The van der Waals surface area contributed by atoms with Crippen LogP contribution < -0.4 is 0 Å². The zero-order valence-electron chi connectivity index (χ0n) is 8.89. The Balaban J connectivity index is 3.22. The molecule has 76 valence electrons. The molecule has 0 saturated heterocycles. The Morgan fingerprint density at radius 3 is 2.43 bits per heavy atom. The molecule has 0 spiro atoms. The van der Waals surface area contributed by atoms with Gasteiger partial charge in [0, 0.05) is 5.56 Å². The maximum atomic E-state index is 6.10. The SMILES string of the molecule is CO/N=C(\C)c1cc(C)c(C)cc1Cl. The topological polar surface area (TPSA) is 21.6 Å². The molecule has 0 saturated carbocycles. The van der Waals surface area contributed by atoms with Gasteiger partial charge < -0.3 is 4.84 Å². The van der Waals surface area contributed by atoms with E-state index in [1.54, 1.807) is 0 Å². The summed E-state index contributed by atoms with van der Waals surface area (Å²) in [6.07, 6.45) is 0. The van der Waals surface area contributed by atoms with E-state index in [2.05, 4.69) is 12.1 Å². The Hall–Kier alpha value is -1.02. The molecule has 1 aromatic carbocycles.